The summed E-state index contributed by atoms with van der Waals surface area (Å²) in [6, 6.07) is 16.3. The monoisotopic (exact) mass is 368 g/mol. The lowest BCUT2D eigenvalue weighted by Gasteiger charge is -2.41. The highest BCUT2D eigenvalue weighted by molar-refractivity contribution is 6.30. The van der Waals surface area contributed by atoms with Crippen LogP contribution in [-0.4, -0.2) is 36.4 Å². The second-order valence-corrected chi connectivity index (χ2v) is 7.80. The van der Waals surface area contributed by atoms with Crippen molar-refractivity contribution in [2.45, 2.75) is 31.3 Å². The minimum absolute atomic E-state index is 0.168. The normalized spacial score (nSPS) is 22.9. The van der Waals surface area contributed by atoms with Gasteiger partial charge in [-0.15, -0.1) is 0 Å². The zero-order chi connectivity index (χ0) is 18.0. The minimum Gasteiger partial charge on any atom is -0.370 e. The fraction of sp³-hybridized carbons (Fsp3) is 0.381. The minimum atomic E-state index is -0.168. The summed E-state index contributed by atoms with van der Waals surface area (Å²) >= 11 is 6.14. The van der Waals surface area contributed by atoms with Crippen LogP contribution in [0.5, 0.6) is 0 Å². The molecule has 0 bridgehead atoms. The molecule has 0 saturated carbocycles. The van der Waals surface area contributed by atoms with Gasteiger partial charge in [-0.3, -0.25) is 0 Å². The second-order valence-electron chi connectivity index (χ2n) is 7.36. The van der Waals surface area contributed by atoms with Gasteiger partial charge in [0.25, 0.3) is 0 Å². The number of likely N-dealkylation sites (N-methyl/N-ethyl adjacent to an activating group) is 1. The molecular weight excluding hydrogens is 344 g/mol. The van der Waals surface area contributed by atoms with Gasteiger partial charge in [0.15, 0.2) is 0 Å². The Balaban J connectivity index is 1.66. The predicted molar refractivity (Wildman–Crippen MR) is 110 cm³/mol. The first-order valence-electron chi connectivity index (χ1n) is 9.28. The molecule has 2 aromatic rings. The molecule has 1 spiro atoms. The SMILES string of the molecule is CN1CCCCC2(C1)Nc1ccccc1N=C2NCc1cccc(Cl)c1. The predicted octanol–water partition coefficient (Wildman–Crippen LogP) is 4.44. The Morgan fingerprint density at radius 1 is 1.19 bits per heavy atom. The van der Waals surface area contributed by atoms with Crippen LogP contribution in [0.25, 0.3) is 0 Å². The molecule has 0 radical (unpaired) electrons. The van der Waals surface area contributed by atoms with Gasteiger partial charge in [0.1, 0.15) is 11.4 Å². The smallest absolute Gasteiger partial charge is 0.130 e. The summed E-state index contributed by atoms with van der Waals surface area (Å²) < 4.78 is 0. The Labute approximate surface area is 160 Å². The fourth-order valence-electron chi connectivity index (χ4n) is 3.99. The van der Waals surface area contributed by atoms with Crippen molar-refractivity contribution in [2.24, 2.45) is 4.99 Å². The third-order valence-electron chi connectivity index (χ3n) is 5.25. The first-order valence-corrected chi connectivity index (χ1v) is 9.66. The van der Waals surface area contributed by atoms with Gasteiger partial charge >= 0.3 is 0 Å². The molecule has 1 saturated heterocycles. The summed E-state index contributed by atoms with van der Waals surface area (Å²) in [6.07, 6.45) is 3.49. The lowest BCUT2D eigenvalue weighted by molar-refractivity contribution is 0.316. The number of halogens is 1. The average Bonchev–Trinajstić information content (AvgIpc) is 2.81. The van der Waals surface area contributed by atoms with Crippen molar-refractivity contribution in [1.82, 2.24) is 10.2 Å². The van der Waals surface area contributed by atoms with Crippen molar-refractivity contribution in [2.75, 3.05) is 25.5 Å². The molecule has 2 N–H and O–H groups in total. The number of amidine groups is 1. The van der Waals surface area contributed by atoms with Gasteiger partial charge < -0.3 is 15.5 Å². The number of hydrogen-bond donors (Lipinski definition) is 2. The van der Waals surface area contributed by atoms with Gasteiger partial charge in [0.05, 0.1) is 11.4 Å². The van der Waals surface area contributed by atoms with Crippen LogP contribution in [0.2, 0.25) is 5.02 Å². The summed E-state index contributed by atoms with van der Waals surface area (Å²) in [5.41, 5.74) is 3.11. The Bertz CT molecular complexity index is 819. The fourth-order valence-corrected chi connectivity index (χ4v) is 4.20. The van der Waals surface area contributed by atoms with Crippen molar-refractivity contribution in [3.63, 3.8) is 0 Å². The number of anilines is 1. The Hall–Kier alpha value is -2.04. The number of aliphatic imine (C=N–C) groups is 1. The molecule has 136 valence electrons. The van der Waals surface area contributed by atoms with E-state index < -0.39 is 0 Å². The molecule has 0 aliphatic carbocycles. The van der Waals surface area contributed by atoms with Gasteiger partial charge in [0, 0.05) is 18.1 Å². The third-order valence-corrected chi connectivity index (χ3v) is 5.48. The summed E-state index contributed by atoms with van der Waals surface area (Å²) in [7, 11) is 2.20. The van der Waals surface area contributed by atoms with E-state index in [4.69, 9.17) is 16.6 Å². The maximum absolute atomic E-state index is 6.14. The Morgan fingerprint density at radius 3 is 2.96 bits per heavy atom. The number of nitrogens with zero attached hydrogens (tertiary/aromatic N) is 2. The van der Waals surface area contributed by atoms with Crippen molar-refractivity contribution in [3.8, 4) is 0 Å². The van der Waals surface area contributed by atoms with E-state index in [1.54, 1.807) is 0 Å². The molecule has 2 heterocycles. The van der Waals surface area contributed by atoms with E-state index in [-0.39, 0.29) is 5.54 Å². The molecule has 1 fully saturated rings. The van der Waals surface area contributed by atoms with Crippen LogP contribution in [0.4, 0.5) is 11.4 Å². The lowest BCUT2D eigenvalue weighted by Crippen LogP contribution is -2.58. The quantitative estimate of drug-likeness (QED) is 0.823. The van der Waals surface area contributed by atoms with Gasteiger partial charge in [-0.05, 0) is 62.7 Å². The second kappa shape index (κ2) is 7.29. The largest absolute Gasteiger partial charge is 0.370 e. The van der Waals surface area contributed by atoms with Crippen LogP contribution < -0.4 is 10.6 Å². The van der Waals surface area contributed by atoms with E-state index in [0.717, 1.165) is 47.3 Å². The summed E-state index contributed by atoms with van der Waals surface area (Å²) in [5.74, 6) is 1.03. The van der Waals surface area contributed by atoms with Crippen molar-refractivity contribution in [3.05, 3.63) is 59.1 Å². The number of fused-ring (bicyclic) bond motifs is 1. The average molecular weight is 369 g/mol. The standard InChI is InChI=1S/C21H25ClN4/c1-26-12-5-4-11-21(15-26)20(23-14-16-7-6-8-17(22)13-16)24-18-9-2-3-10-19(18)25-21/h2-3,6-10,13,25H,4-5,11-12,14-15H2,1H3,(H,23,24). The van der Waals surface area contributed by atoms with E-state index >= 15 is 0 Å². The van der Waals surface area contributed by atoms with Crippen LogP contribution in [0.3, 0.4) is 0 Å². The number of rotatable bonds is 2. The Kier molecular flexibility index (Phi) is 4.88. The van der Waals surface area contributed by atoms with Crippen molar-refractivity contribution < 1.29 is 0 Å². The number of para-hydroxylation sites is 2. The van der Waals surface area contributed by atoms with E-state index in [0.29, 0.717) is 6.54 Å². The maximum Gasteiger partial charge on any atom is 0.130 e. The van der Waals surface area contributed by atoms with Crippen LogP contribution in [0, 0.1) is 0 Å². The molecule has 1 atom stereocenters. The number of nitrogens with one attached hydrogen (secondary N) is 2. The number of likely N-dealkylation sites (tertiary alicyclic amines) is 1. The lowest BCUT2D eigenvalue weighted by atomic mass is 9.89. The Morgan fingerprint density at radius 2 is 2.08 bits per heavy atom. The van der Waals surface area contributed by atoms with Gasteiger partial charge in [-0.25, -0.2) is 4.99 Å². The molecule has 5 heteroatoms. The first kappa shape index (κ1) is 17.4. The molecule has 2 aliphatic rings. The van der Waals surface area contributed by atoms with Crippen LogP contribution >= 0.6 is 11.6 Å². The van der Waals surface area contributed by atoms with Crippen LogP contribution in [-0.2, 0) is 6.54 Å². The molecule has 4 nitrogen and oxygen atoms in total. The summed E-state index contributed by atoms with van der Waals surface area (Å²) in [6.45, 7) is 2.80. The van der Waals surface area contributed by atoms with E-state index in [2.05, 4.69) is 46.8 Å². The van der Waals surface area contributed by atoms with Crippen LogP contribution in [0.1, 0.15) is 24.8 Å². The zero-order valence-corrected chi connectivity index (χ0v) is 15.9. The molecule has 2 aliphatic heterocycles. The molecule has 26 heavy (non-hydrogen) atoms. The van der Waals surface area contributed by atoms with Crippen molar-refractivity contribution in [1.29, 1.82) is 0 Å². The highest BCUT2D eigenvalue weighted by Gasteiger charge is 2.40. The highest BCUT2D eigenvalue weighted by Crippen LogP contribution is 2.36. The summed E-state index contributed by atoms with van der Waals surface area (Å²) in [5, 5.41) is 8.20. The molecule has 0 aromatic heterocycles. The van der Waals surface area contributed by atoms with Gasteiger partial charge in [0.2, 0.25) is 0 Å². The zero-order valence-electron chi connectivity index (χ0n) is 15.1. The van der Waals surface area contributed by atoms with E-state index in [1.807, 2.05) is 24.3 Å². The highest BCUT2D eigenvalue weighted by atomic mass is 35.5. The van der Waals surface area contributed by atoms with E-state index in [1.165, 1.54) is 12.8 Å². The number of hydrogen-bond acceptors (Lipinski definition) is 4. The molecule has 1 unspecified atom stereocenters. The maximum atomic E-state index is 6.14. The number of benzene rings is 2. The first-order chi connectivity index (χ1) is 12.6. The van der Waals surface area contributed by atoms with Gasteiger partial charge in [-0.2, -0.15) is 0 Å². The topological polar surface area (TPSA) is 39.7 Å². The summed E-state index contributed by atoms with van der Waals surface area (Å²) in [4.78, 5) is 7.43. The van der Waals surface area contributed by atoms with Crippen molar-refractivity contribution >= 4 is 28.8 Å². The van der Waals surface area contributed by atoms with Gasteiger partial charge in [-0.1, -0.05) is 35.9 Å². The molecule has 4 rings (SSSR count). The van der Waals surface area contributed by atoms with E-state index in [9.17, 15) is 0 Å². The molecular formula is C21H25ClN4. The molecule has 2 aromatic carbocycles. The molecule has 0 amide bonds. The van der Waals surface area contributed by atoms with Crippen LogP contribution in [0.15, 0.2) is 53.5 Å². The third kappa shape index (κ3) is 3.57.